The molecule has 0 spiro atoms. The van der Waals surface area contributed by atoms with Crippen molar-refractivity contribution in [3.05, 3.63) is 78.5 Å². The lowest BCUT2D eigenvalue weighted by Crippen LogP contribution is -2.23. The smallest absolute Gasteiger partial charge is 0.406 e. The number of anilines is 2. The van der Waals surface area contributed by atoms with Crippen molar-refractivity contribution in [1.29, 1.82) is 0 Å². The molecule has 0 aromatic heterocycles. The fraction of sp³-hybridized carbons (Fsp3) is 0.280. The topological polar surface area (TPSA) is 101 Å². The van der Waals surface area contributed by atoms with E-state index in [0.29, 0.717) is 29.0 Å². The number of carbonyl (C=O) groups excluding carboxylic acids is 1. The summed E-state index contributed by atoms with van der Waals surface area (Å²) in [5, 5.41) is 9.90. The number of benzene rings is 2. The number of nitrogens with zero attached hydrogens (tertiary/aromatic N) is 1. The normalized spacial score (nSPS) is 11.3. The number of nitrogens with two attached hydrogens (primary N) is 1. The second-order valence-electron chi connectivity index (χ2n) is 7.21. The third-order valence-electron chi connectivity index (χ3n) is 4.22. The highest BCUT2D eigenvalue weighted by molar-refractivity contribution is 5.96. The van der Waals surface area contributed by atoms with Gasteiger partial charge in [0, 0.05) is 18.3 Å². The molecule has 7 nitrogen and oxygen atoms in total. The lowest BCUT2D eigenvalue weighted by molar-refractivity contribution is -0.274. The number of ether oxygens (including phenoxy) is 1. The molecule has 0 unspecified atom stereocenters. The van der Waals surface area contributed by atoms with Crippen LogP contribution in [0.4, 0.5) is 24.5 Å². The second kappa shape index (κ2) is 15.0. The van der Waals surface area contributed by atoms with Crippen molar-refractivity contribution in [3.8, 4) is 5.75 Å². The highest BCUT2D eigenvalue weighted by Crippen LogP contribution is 2.23. The molecule has 35 heavy (non-hydrogen) atoms. The Balaban J connectivity index is 0.00000142. The van der Waals surface area contributed by atoms with Gasteiger partial charge in [0.05, 0.1) is 23.6 Å². The first kappa shape index (κ1) is 29.1. The summed E-state index contributed by atoms with van der Waals surface area (Å²) in [6.45, 7) is 9.74. The van der Waals surface area contributed by atoms with Crippen molar-refractivity contribution in [2.75, 3.05) is 17.6 Å². The molecule has 0 saturated heterocycles. The number of hydrogen-bond acceptors (Lipinski definition) is 6. The van der Waals surface area contributed by atoms with Crippen LogP contribution in [0.2, 0.25) is 0 Å². The van der Waals surface area contributed by atoms with Crippen LogP contribution in [0.25, 0.3) is 0 Å². The van der Waals surface area contributed by atoms with Gasteiger partial charge in [-0.1, -0.05) is 31.2 Å². The Bertz CT molecular complexity index is 1020. The number of nitrogen functional groups attached to an aromatic ring is 1. The van der Waals surface area contributed by atoms with Crippen LogP contribution >= 0.6 is 0 Å². The Labute approximate surface area is 203 Å². The van der Waals surface area contributed by atoms with Crippen LogP contribution in [0, 0.1) is 0 Å². The van der Waals surface area contributed by atoms with E-state index in [1.165, 1.54) is 24.3 Å². The van der Waals surface area contributed by atoms with E-state index >= 15 is 0 Å². The molecule has 2 rings (SSSR count). The second-order valence-corrected chi connectivity index (χ2v) is 7.21. The summed E-state index contributed by atoms with van der Waals surface area (Å²) in [7, 11) is 0. The van der Waals surface area contributed by atoms with Crippen molar-refractivity contribution in [2.24, 2.45) is 5.10 Å². The number of alkyl halides is 3. The van der Waals surface area contributed by atoms with Gasteiger partial charge in [-0.3, -0.25) is 10.2 Å². The Morgan fingerprint density at radius 2 is 1.94 bits per heavy atom. The summed E-state index contributed by atoms with van der Waals surface area (Å²) in [4.78, 5) is 12.4. The number of amides is 1. The average molecular weight is 492 g/mol. The van der Waals surface area contributed by atoms with Crippen molar-refractivity contribution in [1.82, 2.24) is 10.7 Å². The van der Waals surface area contributed by atoms with Crippen molar-refractivity contribution in [3.63, 3.8) is 0 Å². The average Bonchev–Trinajstić information content (AvgIpc) is 2.81. The van der Waals surface area contributed by atoms with Gasteiger partial charge in [0.1, 0.15) is 5.75 Å². The molecule has 0 bridgehead atoms. The minimum atomic E-state index is -4.78. The number of halogens is 3. The van der Waals surface area contributed by atoms with E-state index < -0.39 is 12.3 Å². The molecule has 0 saturated carbocycles. The monoisotopic (exact) mass is 491 g/mol. The predicted molar refractivity (Wildman–Crippen MR) is 135 cm³/mol. The highest BCUT2D eigenvalue weighted by Gasteiger charge is 2.31. The molecular formula is C25H32F3N5O2. The predicted octanol–water partition coefficient (Wildman–Crippen LogP) is 5.59. The largest absolute Gasteiger partial charge is 0.573 e. The van der Waals surface area contributed by atoms with Gasteiger partial charge in [0.2, 0.25) is 0 Å². The van der Waals surface area contributed by atoms with E-state index in [2.05, 4.69) is 39.4 Å². The highest BCUT2D eigenvalue weighted by atomic mass is 19.4. The SMILES string of the molecule is C/C=C/N/N=C(\C)CNc1ccc(C(=O)NCc2cccc(OC(F)(F)F)c2)cc1N.C=CCC. The Morgan fingerprint density at radius 3 is 2.54 bits per heavy atom. The third kappa shape index (κ3) is 12.2. The van der Waals surface area contributed by atoms with Crippen molar-refractivity contribution < 1.29 is 22.7 Å². The Morgan fingerprint density at radius 1 is 1.23 bits per heavy atom. The molecule has 0 atom stereocenters. The lowest BCUT2D eigenvalue weighted by Gasteiger charge is -2.12. The zero-order valence-corrected chi connectivity index (χ0v) is 20.1. The maximum atomic E-state index is 12.4. The molecule has 0 aliphatic heterocycles. The minimum absolute atomic E-state index is 0.0304. The summed E-state index contributed by atoms with van der Waals surface area (Å²) in [5.41, 5.74) is 11.4. The van der Waals surface area contributed by atoms with Gasteiger partial charge in [-0.05, 0) is 56.2 Å². The fourth-order valence-electron chi connectivity index (χ4n) is 2.49. The Kier molecular flexibility index (Phi) is 12.5. The standard InChI is InChI=1S/C21H24F3N5O2.C4H8/c1-3-9-28-29-14(2)12-26-19-8-7-16(11-18(19)25)20(30)27-13-15-5-4-6-17(10-15)31-21(22,23)24;1-3-4-2/h3-11,26,28H,12-13,25H2,1-2H3,(H,27,30);3H,1,4H2,2H3/b9-3+,29-14+;. The van der Waals surface area contributed by atoms with Gasteiger partial charge in [0.15, 0.2) is 0 Å². The van der Waals surface area contributed by atoms with E-state index in [1.54, 1.807) is 24.4 Å². The first-order valence-corrected chi connectivity index (χ1v) is 10.9. The number of rotatable bonds is 10. The summed E-state index contributed by atoms with van der Waals surface area (Å²) in [6.07, 6.45) is 1.70. The molecule has 2 aromatic carbocycles. The molecule has 5 N–H and O–H groups in total. The molecule has 0 aliphatic rings. The maximum absolute atomic E-state index is 12.4. The van der Waals surface area contributed by atoms with Gasteiger partial charge >= 0.3 is 6.36 Å². The first-order chi connectivity index (χ1) is 16.6. The van der Waals surface area contributed by atoms with Crippen LogP contribution in [0.3, 0.4) is 0 Å². The number of hydrazone groups is 1. The molecular weight excluding hydrogens is 459 g/mol. The minimum Gasteiger partial charge on any atom is -0.406 e. The first-order valence-electron chi connectivity index (χ1n) is 10.9. The van der Waals surface area contributed by atoms with E-state index in [0.717, 1.165) is 12.1 Å². The maximum Gasteiger partial charge on any atom is 0.573 e. The van der Waals surface area contributed by atoms with Gasteiger partial charge in [0.25, 0.3) is 5.91 Å². The number of hydrogen-bond donors (Lipinski definition) is 4. The molecule has 0 aliphatic carbocycles. The van der Waals surface area contributed by atoms with E-state index in [1.807, 2.05) is 26.0 Å². The van der Waals surface area contributed by atoms with Crippen molar-refractivity contribution >= 4 is 23.0 Å². The number of allylic oxidation sites excluding steroid dienone is 2. The number of nitrogens with one attached hydrogen (secondary N) is 3. The zero-order chi connectivity index (χ0) is 26.3. The Hall–Kier alpha value is -3.95. The lowest BCUT2D eigenvalue weighted by atomic mass is 10.1. The summed E-state index contributed by atoms with van der Waals surface area (Å²) in [6, 6.07) is 10.2. The van der Waals surface area contributed by atoms with E-state index in [-0.39, 0.29) is 12.3 Å². The van der Waals surface area contributed by atoms with E-state index in [9.17, 15) is 18.0 Å². The van der Waals surface area contributed by atoms with Crippen LogP contribution < -0.4 is 26.5 Å². The summed E-state index contributed by atoms with van der Waals surface area (Å²) >= 11 is 0. The van der Waals surface area contributed by atoms with Crippen LogP contribution in [0.1, 0.15) is 43.1 Å². The number of carbonyl (C=O) groups is 1. The molecule has 0 heterocycles. The van der Waals surface area contributed by atoms with Gasteiger partial charge in [-0.2, -0.15) is 5.10 Å². The molecule has 2 aromatic rings. The fourth-order valence-corrected chi connectivity index (χ4v) is 2.49. The van der Waals surface area contributed by atoms with Crippen LogP contribution in [0.15, 0.2) is 72.5 Å². The molecule has 0 radical (unpaired) electrons. The molecule has 0 fully saturated rings. The van der Waals surface area contributed by atoms with Crippen molar-refractivity contribution in [2.45, 2.75) is 40.1 Å². The van der Waals surface area contributed by atoms with Gasteiger partial charge in [-0.25, -0.2) is 0 Å². The molecule has 1 amide bonds. The van der Waals surface area contributed by atoms with Crippen LogP contribution in [-0.2, 0) is 6.54 Å². The van der Waals surface area contributed by atoms with Gasteiger partial charge < -0.3 is 21.1 Å². The zero-order valence-electron chi connectivity index (χ0n) is 20.1. The van der Waals surface area contributed by atoms with Crippen LogP contribution in [0.5, 0.6) is 5.75 Å². The van der Waals surface area contributed by atoms with Gasteiger partial charge in [-0.15, -0.1) is 19.8 Å². The summed E-state index contributed by atoms with van der Waals surface area (Å²) < 4.78 is 40.9. The quantitative estimate of drug-likeness (QED) is 0.150. The molecule has 10 heteroatoms. The summed E-state index contributed by atoms with van der Waals surface area (Å²) in [5.74, 6) is -0.757. The third-order valence-corrected chi connectivity index (χ3v) is 4.22. The molecule has 190 valence electrons. The van der Waals surface area contributed by atoms with Crippen LogP contribution in [-0.4, -0.2) is 24.5 Å². The van der Waals surface area contributed by atoms with E-state index in [4.69, 9.17) is 5.73 Å².